The summed E-state index contributed by atoms with van der Waals surface area (Å²) in [6, 6.07) is 3.49. The van der Waals surface area contributed by atoms with Crippen LogP contribution in [0.1, 0.15) is 17.4 Å². The molecule has 1 unspecified atom stereocenters. The first kappa shape index (κ1) is 14.7. The molecule has 1 heterocycles. The molecule has 0 saturated carbocycles. The van der Waals surface area contributed by atoms with Gasteiger partial charge in [0.15, 0.2) is 0 Å². The van der Waals surface area contributed by atoms with Crippen molar-refractivity contribution < 1.29 is 10.0 Å². The lowest BCUT2D eigenvalue weighted by Crippen LogP contribution is -2.33. The first-order chi connectivity index (χ1) is 8.99. The van der Waals surface area contributed by atoms with Gasteiger partial charge in [0.25, 0.3) is 5.91 Å². The van der Waals surface area contributed by atoms with Crippen molar-refractivity contribution in [3.05, 3.63) is 24.0 Å². The smallest absolute Gasteiger partial charge is 0.269 e. The standard InChI is InChI=1S/C12H19N5O2/c1-8(11(13)16-19)7-17(3)9-4-5-15-10(6-9)12(18)14-2/h4-6,8,19H,7H2,1-3H3,(H2,13,16)(H,14,18). The van der Waals surface area contributed by atoms with Crippen LogP contribution in [-0.4, -0.2) is 42.6 Å². The molecule has 0 radical (unpaired) electrons. The molecule has 0 bridgehead atoms. The van der Waals surface area contributed by atoms with Crippen molar-refractivity contribution in [1.29, 1.82) is 0 Å². The van der Waals surface area contributed by atoms with Crippen LogP contribution in [-0.2, 0) is 0 Å². The number of nitrogens with one attached hydrogen (secondary N) is 1. The van der Waals surface area contributed by atoms with Gasteiger partial charge in [0.1, 0.15) is 11.5 Å². The highest BCUT2D eigenvalue weighted by Crippen LogP contribution is 2.14. The van der Waals surface area contributed by atoms with E-state index in [0.29, 0.717) is 12.2 Å². The monoisotopic (exact) mass is 265 g/mol. The molecule has 19 heavy (non-hydrogen) atoms. The molecule has 1 aromatic rings. The van der Waals surface area contributed by atoms with Gasteiger partial charge >= 0.3 is 0 Å². The second kappa shape index (κ2) is 6.58. The van der Waals surface area contributed by atoms with E-state index >= 15 is 0 Å². The minimum Gasteiger partial charge on any atom is -0.409 e. The molecule has 104 valence electrons. The van der Waals surface area contributed by atoms with Crippen LogP contribution in [0.15, 0.2) is 23.5 Å². The Hall–Kier alpha value is -2.31. The molecule has 4 N–H and O–H groups in total. The van der Waals surface area contributed by atoms with Crippen LogP contribution in [0.25, 0.3) is 0 Å². The fraction of sp³-hybridized carbons (Fsp3) is 0.417. The Balaban J connectivity index is 2.82. The number of hydrogen-bond acceptors (Lipinski definition) is 5. The molecule has 0 aliphatic rings. The number of hydrogen-bond donors (Lipinski definition) is 3. The van der Waals surface area contributed by atoms with E-state index in [9.17, 15) is 4.79 Å². The summed E-state index contributed by atoms with van der Waals surface area (Å²) in [5, 5.41) is 14.1. The van der Waals surface area contributed by atoms with E-state index in [-0.39, 0.29) is 17.7 Å². The highest BCUT2D eigenvalue weighted by Gasteiger charge is 2.13. The van der Waals surface area contributed by atoms with E-state index < -0.39 is 0 Å². The Labute approximate surface area is 112 Å². The maximum Gasteiger partial charge on any atom is 0.269 e. The van der Waals surface area contributed by atoms with Crippen molar-refractivity contribution >= 4 is 17.4 Å². The maximum atomic E-state index is 11.5. The fourth-order valence-corrected chi connectivity index (χ4v) is 1.62. The number of aromatic nitrogens is 1. The first-order valence-corrected chi connectivity index (χ1v) is 5.86. The number of nitrogens with zero attached hydrogens (tertiary/aromatic N) is 3. The summed E-state index contributed by atoms with van der Waals surface area (Å²) in [4.78, 5) is 17.4. The number of nitrogens with two attached hydrogens (primary N) is 1. The molecule has 0 fully saturated rings. The zero-order valence-corrected chi connectivity index (χ0v) is 11.3. The molecule has 0 aliphatic carbocycles. The van der Waals surface area contributed by atoms with Crippen LogP contribution in [0.4, 0.5) is 5.69 Å². The molecule has 1 atom stereocenters. The van der Waals surface area contributed by atoms with Crippen molar-refractivity contribution in [2.24, 2.45) is 16.8 Å². The van der Waals surface area contributed by atoms with Gasteiger partial charge in [-0.05, 0) is 12.1 Å². The molecular weight excluding hydrogens is 246 g/mol. The van der Waals surface area contributed by atoms with Gasteiger partial charge in [0.05, 0.1) is 0 Å². The molecular formula is C12H19N5O2. The quantitative estimate of drug-likeness (QED) is 0.306. The van der Waals surface area contributed by atoms with E-state index in [2.05, 4.69) is 15.5 Å². The van der Waals surface area contributed by atoms with Gasteiger partial charge in [-0.3, -0.25) is 9.78 Å². The van der Waals surface area contributed by atoms with Crippen LogP contribution < -0.4 is 16.0 Å². The number of carbonyl (C=O) groups excluding carboxylic acids is 1. The second-order valence-corrected chi connectivity index (χ2v) is 4.28. The van der Waals surface area contributed by atoms with Crippen molar-refractivity contribution in [2.75, 3.05) is 25.5 Å². The normalized spacial score (nSPS) is 12.9. The topological polar surface area (TPSA) is 104 Å². The van der Waals surface area contributed by atoms with E-state index in [0.717, 1.165) is 5.69 Å². The van der Waals surface area contributed by atoms with Crippen molar-refractivity contribution in [3.63, 3.8) is 0 Å². The number of anilines is 1. The lowest BCUT2D eigenvalue weighted by atomic mass is 10.1. The van der Waals surface area contributed by atoms with Gasteiger partial charge in [-0.15, -0.1) is 0 Å². The van der Waals surface area contributed by atoms with Crippen LogP contribution in [0.5, 0.6) is 0 Å². The summed E-state index contributed by atoms with van der Waals surface area (Å²) in [5.74, 6) is -0.168. The Kier molecular flexibility index (Phi) is 5.11. The average molecular weight is 265 g/mol. The molecule has 0 saturated heterocycles. The molecule has 1 rings (SSSR count). The number of amidine groups is 1. The molecule has 0 aromatic carbocycles. The first-order valence-electron chi connectivity index (χ1n) is 5.86. The van der Waals surface area contributed by atoms with Crippen molar-refractivity contribution in [1.82, 2.24) is 10.3 Å². The van der Waals surface area contributed by atoms with Crippen LogP contribution >= 0.6 is 0 Å². The third-order valence-electron chi connectivity index (χ3n) is 2.81. The SMILES string of the molecule is CNC(=O)c1cc(N(C)CC(C)/C(N)=N/O)ccn1. The van der Waals surface area contributed by atoms with Crippen molar-refractivity contribution in [2.45, 2.75) is 6.92 Å². The fourth-order valence-electron chi connectivity index (χ4n) is 1.62. The second-order valence-electron chi connectivity index (χ2n) is 4.28. The summed E-state index contributed by atoms with van der Waals surface area (Å²) in [6.07, 6.45) is 1.57. The minimum absolute atomic E-state index is 0.105. The number of oxime groups is 1. The highest BCUT2D eigenvalue weighted by atomic mass is 16.4. The zero-order valence-electron chi connectivity index (χ0n) is 11.3. The lowest BCUT2D eigenvalue weighted by Gasteiger charge is -2.23. The van der Waals surface area contributed by atoms with Crippen LogP contribution in [0.2, 0.25) is 0 Å². The van der Waals surface area contributed by atoms with Crippen LogP contribution in [0, 0.1) is 5.92 Å². The largest absolute Gasteiger partial charge is 0.409 e. The Morgan fingerprint density at radius 3 is 2.95 bits per heavy atom. The number of carbonyl (C=O) groups is 1. The van der Waals surface area contributed by atoms with E-state index in [1.54, 1.807) is 25.4 Å². The number of pyridine rings is 1. The Bertz CT molecular complexity index is 475. The van der Waals surface area contributed by atoms with E-state index in [4.69, 9.17) is 10.9 Å². The average Bonchev–Trinajstić information content (AvgIpc) is 2.45. The molecule has 0 aliphatic heterocycles. The molecule has 7 nitrogen and oxygen atoms in total. The predicted octanol–water partition coefficient (Wildman–Crippen LogP) is 0.260. The van der Waals surface area contributed by atoms with Gasteiger partial charge < -0.3 is 21.2 Å². The van der Waals surface area contributed by atoms with Gasteiger partial charge in [-0.2, -0.15) is 0 Å². The summed E-state index contributed by atoms with van der Waals surface area (Å²) in [5.41, 5.74) is 6.73. The van der Waals surface area contributed by atoms with Crippen LogP contribution in [0.3, 0.4) is 0 Å². The number of rotatable bonds is 5. The summed E-state index contributed by atoms with van der Waals surface area (Å²) in [6.45, 7) is 2.42. The molecule has 0 spiro atoms. The zero-order chi connectivity index (χ0) is 14.4. The third-order valence-corrected chi connectivity index (χ3v) is 2.81. The van der Waals surface area contributed by atoms with E-state index in [1.165, 1.54) is 0 Å². The molecule has 1 amide bonds. The van der Waals surface area contributed by atoms with Gasteiger partial charge in [0, 0.05) is 38.4 Å². The highest BCUT2D eigenvalue weighted by molar-refractivity contribution is 5.92. The van der Waals surface area contributed by atoms with Gasteiger partial charge in [-0.1, -0.05) is 12.1 Å². The summed E-state index contributed by atoms with van der Waals surface area (Å²) in [7, 11) is 3.42. The number of amides is 1. The summed E-state index contributed by atoms with van der Waals surface area (Å²) < 4.78 is 0. The van der Waals surface area contributed by atoms with Crippen molar-refractivity contribution in [3.8, 4) is 0 Å². The Morgan fingerprint density at radius 1 is 1.68 bits per heavy atom. The van der Waals surface area contributed by atoms with Gasteiger partial charge in [-0.25, -0.2) is 0 Å². The lowest BCUT2D eigenvalue weighted by molar-refractivity contribution is 0.0958. The molecule has 7 heteroatoms. The maximum absolute atomic E-state index is 11.5. The third kappa shape index (κ3) is 3.84. The Morgan fingerprint density at radius 2 is 2.37 bits per heavy atom. The minimum atomic E-state index is -0.236. The summed E-state index contributed by atoms with van der Waals surface area (Å²) >= 11 is 0. The predicted molar refractivity (Wildman–Crippen MR) is 73.5 cm³/mol. The molecule has 1 aromatic heterocycles. The van der Waals surface area contributed by atoms with E-state index in [1.807, 2.05) is 18.9 Å². The van der Waals surface area contributed by atoms with Gasteiger partial charge in [0.2, 0.25) is 0 Å².